The number of aliphatic hydroxyl groups excluding tert-OH is 1. The van der Waals surface area contributed by atoms with Crippen LogP contribution in [0.4, 0.5) is 4.79 Å². The highest BCUT2D eigenvalue weighted by atomic mass is 16.6. The summed E-state index contributed by atoms with van der Waals surface area (Å²) >= 11 is 0. The van der Waals surface area contributed by atoms with Crippen LogP contribution >= 0.6 is 0 Å². The van der Waals surface area contributed by atoms with Crippen LogP contribution in [-0.4, -0.2) is 40.4 Å². The fourth-order valence-electron chi connectivity index (χ4n) is 3.32. The number of carbonyl (C=O) groups is 1. The van der Waals surface area contributed by atoms with Crippen molar-refractivity contribution in [2.75, 3.05) is 6.61 Å². The van der Waals surface area contributed by atoms with Gasteiger partial charge in [-0.3, -0.25) is 4.90 Å². The van der Waals surface area contributed by atoms with Gasteiger partial charge in [0.1, 0.15) is 5.60 Å². The number of ether oxygens (including phenoxy) is 1. The van der Waals surface area contributed by atoms with Crippen LogP contribution in [-0.2, 0) is 4.74 Å². The molecule has 2 fully saturated rings. The molecule has 2 rings (SSSR count). The molecule has 1 amide bonds. The van der Waals surface area contributed by atoms with Gasteiger partial charge in [-0.1, -0.05) is 12.8 Å². The third kappa shape index (κ3) is 2.79. The first-order valence-corrected chi connectivity index (χ1v) is 7.04. The van der Waals surface area contributed by atoms with Crippen molar-refractivity contribution < 1.29 is 14.6 Å². The molecule has 104 valence electrons. The van der Waals surface area contributed by atoms with E-state index >= 15 is 0 Å². The summed E-state index contributed by atoms with van der Waals surface area (Å²) in [6.07, 6.45) is 5.34. The molecule has 3 atom stereocenters. The minimum absolute atomic E-state index is 0.0479. The molecule has 0 radical (unpaired) electrons. The lowest BCUT2D eigenvalue weighted by Gasteiger charge is -2.34. The van der Waals surface area contributed by atoms with Crippen LogP contribution < -0.4 is 0 Å². The van der Waals surface area contributed by atoms with Crippen molar-refractivity contribution in [3.63, 3.8) is 0 Å². The lowest BCUT2D eigenvalue weighted by molar-refractivity contribution is 0.00509. The van der Waals surface area contributed by atoms with Crippen LogP contribution in [0.5, 0.6) is 0 Å². The maximum atomic E-state index is 12.3. The standard InChI is InChI=1S/C14H25NO3/c1-14(2,3)18-13(17)15-11(9-16)8-10-6-4-5-7-12(10)15/h10-12,16H,4-9H2,1-3H3/t10-,11-,12-/m0/s1. The molecule has 0 aromatic heterocycles. The Labute approximate surface area is 109 Å². The number of rotatable bonds is 1. The Morgan fingerprint density at radius 3 is 2.61 bits per heavy atom. The van der Waals surface area contributed by atoms with Crippen LogP contribution in [0.15, 0.2) is 0 Å². The maximum absolute atomic E-state index is 12.3. The summed E-state index contributed by atoms with van der Waals surface area (Å²) in [4.78, 5) is 14.1. The van der Waals surface area contributed by atoms with Gasteiger partial charge in [-0.15, -0.1) is 0 Å². The van der Waals surface area contributed by atoms with Gasteiger partial charge in [-0.25, -0.2) is 4.79 Å². The number of hydrogen-bond acceptors (Lipinski definition) is 3. The second-order valence-electron chi connectivity index (χ2n) is 6.57. The molecule has 18 heavy (non-hydrogen) atoms. The van der Waals surface area contributed by atoms with Crippen molar-refractivity contribution in [3.05, 3.63) is 0 Å². The van der Waals surface area contributed by atoms with Crippen molar-refractivity contribution in [2.45, 2.75) is 70.6 Å². The third-order valence-corrected chi connectivity index (χ3v) is 4.01. The predicted octanol–water partition coefficient (Wildman–Crippen LogP) is 2.55. The molecular formula is C14H25NO3. The highest BCUT2D eigenvalue weighted by molar-refractivity contribution is 5.69. The molecule has 1 saturated heterocycles. The summed E-state index contributed by atoms with van der Waals surface area (Å²) in [7, 11) is 0. The monoisotopic (exact) mass is 255 g/mol. The Hall–Kier alpha value is -0.770. The van der Waals surface area contributed by atoms with Gasteiger partial charge in [0.05, 0.1) is 12.6 Å². The number of nitrogens with zero attached hydrogens (tertiary/aromatic N) is 1. The van der Waals surface area contributed by atoms with Gasteiger partial charge in [0.25, 0.3) is 0 Å². The van der Waals surface area contributed by atoms with Crippen molar-refractivity contribution >= 4 is 6.09 Å². The number of likely N-dealkylation sites (tertiary alicyclic amines) is 1. The quantitative estimate of drug-likeness (QED) is 0.783. The first kappa shape index (κ1) is 13.7. The number of aliphatic hydroxyl groups is 1. The second kappa shape index (κ2) is 5.08. The molecule has 4 nitrogen and oxygen atoms in total. The molecule has 0 spiro atoms. The third-order valence-electron chi connectivity index (χ3n) is 4.01. The molecule has 1 heterocycles. The fraction of sp³-hybridized carbons (Fsp3) is 0.929. The summed E-state index contributed by atoms with van der Waals surface area (Å²) in [6, 6.07) is 0.235. The molecule has 1 saturated carbocycles. The fourth-order valence-corrected chi connectivity index (χ4v) is 3.32. The summed E-state index contributed by atoms with van der Waals surface area (Å²) in [5, 5.41) is 9.48. The second-order valence-corrected chi connectivity index (χ2v) is 6.57. The lowest BCUT2D eigenvalue weighted by Crippen LogP contribution is -2.46. The van der Waals surface area contributed by atoms with Gasteiger partial charge < -0.3 is 9.84 Å². The first-order valence-electron chi connectivity index (χ1n) is 7.04. The molecule has 0 aromatic carbocycles. The number of amides is 1. The smallest absolute Gasteiger partial charge is 0.410 e. The van der Waals surface area contributed by atoms with Gasteiger partial charge in [-0.05, 0) is 46.0 Å². The van der Waals surface area contributed by atoms with Crippen LogP contribution in [0.25, 0.3) is 0 Å². The Kier molecular flexibility index (Phi) is 3.85. The van der Waals surface area contributed by atoms with Crippen LogP contribution in [0.2, 0.25) is 0 Å². The largest absolute Gasteiger partial charge is 0.444 e. The van der Waals surface area contributed by atoms with E-state index in [2.05, 4.69) is 0 Å². The van der Waals surface area contributed by atoms with Crippen molar-refractivity contribution in [3.8, 4) is 0 Å². The first-order chi connectivity index (χ1) is 8.42. The van der Waals surface area contributed by atoms with E-state index in [0.29, 0.717) is 5.92 Å². The zero-order chi connectivity index (χ0) is 13.3. The average Bonchev–Trinajstić information content (AvgIpc) is 2.64. The molecule has 0 bridgehead atoms. The Morgan fingerprint density at radius 1 is 1.33 bits per heavy atom. The maximum Gasteiger partial charge on any atom is 0.410 e. The Bertz CT molecular complexity index is 311. The number of fused-ring (bicyclic) bond motifs is 1. The van der Waals surface area contributed by atoms with E-state index in [0.717, 1.165) is 12.8 Å². The van der Waals surface area contributed by atoms with Crippen LogP contribution in [0.1, 0.15) is 52.9 Å². The normalized spacial score (nSPS) is 32.2. The molecule has 1 aliphatic heterocycles. The Morgan fingerprint density at radius 2 is 2.00 bits per heavy atom. The van der Waals surface area contributed by atoms with Crippen LogP contribution in [0.3, 0.4) is 0 Å². The van der Waals surface area contributed by atoms with Gasteiger partial charge in [-0.2, -0.15) is 0 Å². The van der Waals surface area contributed by atoms with E-state index in [4.69, 9.17) is 4.74 Å². The molecular weight excluding hydrogens is 230 g/mol. The van der Waals surface area contributed by atoms with E-state index in [1.165, 1.54) is 19.3 Å². The molecule has 0 aromatic rings. The lowest BCUT2D eigenvalue weighted by atomic mass is 9.85. The summed E-state index contributed by atoms with van der Waals surface area (Å²) in [6.45, 7) is 5.69. The van der Waals surface area contributed by atoms with Gasteiger partial charge >= 0.3 is 6.09 Å². The van der Waals surface area contributed by atoms with Crippen molar-refractivity contribution in [1.82, 2.24) is 4.90 Å². The van der Waals surface area contributed by atoms with Gasteiger partial charge in [0, 0.05) is 6.04 Å². The minimum atomic E-state index is -0.468. The summed E-state index contributed by atoms with van der Waals surface area (Å²) < 4.78 is 5.48. The zero-order valence-electron chi connectivity index (χ0n) is 11.7. The zero-order valence-corrected chi connectivity index (χ0v) is 11.7. The number of hydrogen-bond donors (Lipinski definition) is 1. The van der Waals surface area contributed by atoms with E-state index in [9.17, 15) is 9.90 Å². The van der Waals surface area contributed by atoms with E-state index in [1.807, 2.05) is 25.7 Å². The average molecular weight is 255 g/mol. The van der Waals surface area contributed by atoms with E-state index in [1.54, 1.807) is 0 Å². The van der Waals surface area contributed by atoms with Crippen molar-refractivity contribution in [2.24, 2.45) is 5.92 Å². The van der Waals surface area contributed by atoms with E-state index < -0.39 is 5.60 Å². The molecule has 2 aliphatic rings. The van der Waals surface area contributed by atoms with Gasteiger partial charge in [0.15, 0.2) is 0 Å². The SMILES string of the molecule is CC(C)(C)OC(=O)N1[C@H](CO)C[C@@H]2CCCC[C@@H]21. The minimum Gasteiger partial charge on any atom is -0.444 e. The molecule has 0 unspecified atom stereocenters. The predicted molar refractivity (Wildman–Crippen MR) is 69.3 cm³/mol. The summed E-state index contributed by atoms with van der Waals surface area (Å²) in [5.74, 6) is 0.559. The Balaban J connectivity index is 2.10. The molecule has 4 heteroatoms. The van der Waals surface area contributed by atoms with Crippen LogP contribution in [0, 0.1) is 5.92 Å². The summed E-state index contributed by atoms with van der Waals surface area (Å²) in [5.41, 5.74) is -0.468. The number of carbonyl (C=O) groups excluding carboxylic acids is 1. The molecule has 1 aliphatic carbocycles. The van der Waals surface area contributed by atoms with Crippen molar-refractivity contribution in [1.29, 1.82) is 0 Å². The highest BCUT2D eigenvalue weighted by Gasteiger charge is 2.45. The van der Waals surface area contributed by atoms with Gasteiger partial charge in [0.2, 0.25) is 0 Å². The highest BCUT2D eigenvalue weighted by Crippen LogP contribution is 2.40. The topological polar surface area (TPSA) is 49.8 Å². The molecule has 1 N–H and O–H groups in total. The van der Waals surface area contributed by atoms with E-state index in [-0.39, 0.29) is 24.8 Å².